The summed E-state index contributed by atoms with van der Waals surface area (Å²) in [5.41, 5.74) is 1.68. The minimum atomic E-state index is -3.88. The standard InChI is InChI=1S/C31H35N5O5S3/c1-35(44(40,41)24-7-3-2-4-8-24)30-33-27(25-9-5-6-10-26(25)29(37)34-31(21-32)15-16-31)28(42-30)22-11-13-23(14-12-22)36-17-19-43(38,39)20-18-36/h2-4,7-8,11-14,25-26H,5-6,9-10,15-20H2,1H3,(H,34,37). The molecule has 0 spiro atoms. The van der Waals surface area contributed by atoms with Gasteiger partial charge in [-0.05, 0) is 55.5 Å². The average Bonchev–Trinajstić information content (AvgIpc) is 3.67. The van der Waals surface area contributed by atoms with Gasteiger partial charge in [-0.2, -0.15) is 5.26 Å². The monoisotopic (exact) mass is 653 g/mol. The summed E-state index contributed by atoms with van der Waals surface area (Å²) < 4.78 is 52.1. The van der Waals surface area contributed by atoms with Gasteiger partial charge in [-0.25, -0.2) is 26.1 Å². The SMILES string of the molecule is CN(c1nc(C2CCCCC2C(=O)NC2(C#N)CC2)c(-c2ccc(N3CCS(=O)(=O)CC3)cc2)s1)S(=O)(=O)c1ccccc1. The van der Waals surface area contributed by atoms with Crippen molar-refractivity contribution >= 4 is 47.9 Å². The lowest BCUT2D eigenvalue weighted by Crippen LogP contribution is -2.42. The molecular formula is C31H35N5O5S3. The Bertz CT molecular complexity index is 1780. The largest absolute Gasteiger partial charge is 0.369 e. The molecule has 2 unspecified atom stereocenters. The molecular weight excluding hydrogens is 619 g/mol. The van der Waals surface area contributed by atoms with Crippen LogP contribution in [-0.2, 0) is 24.7 Å². The molecule has 2 saturated carbocycles. The van der Waals surface area contributed by atoms with Crippen LogP contribution >= 0.6 is 11.3 Å². The van der Waals surface area contributed by atoms with E-state index in [1.54, 1.807) is 30.3 Å². The number of carbonyl (C=O) groups is 1. The van der Waals surface area contributed by atoms with E-state index in [-0.39, 0.29) is 34.1 Å². The molecule has 13 heteroatoms. The molecule has 2 atom stereocenters. The number of nitrogens with one attached hydrogen (secondary N) is 1. The van der Waals surface area contributed by atoms with E-state index in [0.717, 1.165) is 35.4 Å². The molecule has 0 bridgehead atoms. The number of carbonyl (C=O) groups excluding carboxylic acids is 1. The van der Waals surface area contributed by atoms with Crippen molar-refractivity contribution in [2.24, 2.45) is 5.92 Å². The Balaban J connectivity index is 1.37. The summed E-state index contributed by atoms with van der Waals surface area (Å²) in [6, 6.07) is 18.3. The number of hydrogen-bond donors (Lipinski definition) is 1. The Labute approximate surface area is 262 Å². The van der Waals surface area contributed by atoms with Crippen LogP contribution in [0.4, 0.5) is 10.8 Å². The molecule has 0 radical (unpaired) electrons. The van der Waals surface area contributed by atoms with E-state index >= 15 is 0 Å². The summed E-state index contributed by atoms with van der Waals surface area (Å²) in [5.74, 6) is -0.517. The molecule has 1 amide bonds. The smallest absolute Gasteiger partial charge is 0.265 e. The number of nitriles is 1. The Morgan fingerprint density at radius 3 is 2.36 bits per heavy atom. The molecule has 2 aliphatic carbocycles. The van der Waals surface area contributed by atoms with E-state index in [1.807, 2.05) is 24.3 Å². The third kappa shape index (κ3) is 6.07. The minimum Gasteiger partial charge on any atom is -0.369 e. The first kappa shape index (κ1) is 30.6. The third-order valence-corrected chi connectivity index (χ3v) is 13.6. The van der Waals surface area contributed by atoms with Crippen LogP contribution in [0.5, 0.6) is 0 Å². The van der Waals surface area contributed by atoms with Crippen molar-refractivity contribution in [2.75, 3.05) is 40.8 Å². The normalized spacial score (nSPS) is 22.5. The van der Waals surface area contributed by atoms with Gasteiger partial charge in [0.15, 0.2) is 15.0 Å². The van der Waals surface area contributed by atoms with Crippen molar-refractivity contribution in [3.8, 4) is 16.5 Å². The molecule has 3 fully saturated rings. The van der Waals surface area contributed by atoms with Crippen LogP contribution in [0.3, 0.4) is 0 Å². The Morgan fingerprint density at radius 2 is 1.73 bits per heavy atom. The molecule has 1 N–H and O–H groups in total. The van der Waals surface area contributed by atoms with Gasteiger partial charge >= 0.3 is 0 Å². The predicted octanol–water partition coefficient (Wildman–Crippen LogP) is 4.32. The van der Waals surface area contributed by atoms with Gasteiger partial charge in [-0.15, -0.1) is 0 Å². The van der Waals surface area contributed by atoms with Gasteiger partial charge in [-0.1, -0.05) is 54.5 Å². The van der Waals surface area contributed by atoms with Crippen molar-refractivity contribution in [3.63, 3.8) is 0 Å². The fourth-order valence-corrected chi connectivity index (χ4v) is 9.73. The zero-order valence-electron chi connectivity index (χ0n) is 24.5. The van der Waals surface area contributed by atoms with E-state index in [4.69, 9.17) is 4.98 Å². The zero-order valence-corrected chi connectivity index (χ0v) is 26.9. The maximum Gasteiger partial charge on any atom is 0.265 e. The number of aromatic nitrogens is 1. The Kier molecular flexibility index (Phi) is 8.19. The molecule has 232 valence electrons. The highest BCUT2D eigenvalue weighted by atomic mass is 32.2. The molecule has 44 heavy (non-hydrogen) atoms. The first-order valence-corrected chi connectivity index (χ1v) is 18.9. The summed E-state index contributed by atoms with van der Waals surface area (Å²) in [7, 11) is -5.39. The molecule has 1 saturated heterocycles. The van der Waals surface area contributed by atoms with E-state index in [2.05, 4.69) is 16.3 Å². The summed E-state index contributed by atoms with van der Waals surface area (Å²) in [6.07, 6.45) is 4.50. The molecule has 2 aromatic carbocycles. The fourth-order valence-electron chi connectivity index (χ4n) is 6.05. The van der Waals surface area contributed by atoms with Gasteiger partial charge in [-0.3, -0.25) is 4.79 Å². The average molecular weight is 654 g/mol. The van der Waals surface area contributed by atoms with Crippen molar-refractivity contribution in [1.29, 1.82) is 5.26 Å². The van der Waals surface area contributed by atoms with Gasteiger partial charge < -0.3 is 10.2 Å². The Morgan fingerprint density at radius 1 is 1.07 bits per heavy atom. The number of anilines is 2. The number of thiazole rings is 1. The lowest BCUT2D eigenvalue weighted by atomic mass is 9.76. The van der Waals surface area contributed by atoms with E-state index < -0.39 is 25.4 Å². The Hall–Kier alpha value is -3.47. The second kappa shape index (κ2) is 11.8. The maximum absolute atomic E-state index is 13.6. The second-order valence-electron chi connectivity index (χ2n) is 11.9. The highest BCUT2D eigenvalue weighted by molar-refractivity contribution is 7.93. The number of nitrogens with zero attached hydrogens (tertiary/aromatic N) is 4. The highest BCUT2D eigenvalue weighted by Gasteiger charge is 2.47. The second-order valence-corrected chi connectivity index (χ2v) is 17.1. The molecule has 2 heterocycles. The highest BCUT2D eigenvalue weighted by Crippen LogP contribution is 2.47. The fraction of sp³-hybridized carbons (Fsp3) is 0.452. The van der Waals surface area contributed by atoms with Crippen LogP contribution < -0.4 is 14.5 Å². The van der Waals surface area contributed by atoms with Crippen molar-refractivity contribution in [2.45, 2.75) is 54.9 Å². The quantitative estimate of drug-likeness (QED) is 0.379. The van der Waals surface area contributed by atoms with Gasteiger partial charge in [0.05, 0.1) is 33.0 Å². The van der Waals surface area contributed by atoms with Gasteiger partial charge in [0, 0.05) is 37.7 Å². The molecule has 3 aromatic rings. The van der Waals surface area contributed by atoms with Crippen molar-refractivity contribution in [1.82, 2.24) is 10.3 Å². The topological polar surface area (TPSA) is 141 Å². The summed E-state index contributed by atoms with van der Waals surface area (Å²) in [6.45, 7) is 0.867. The maximum atomic E-state index is 13.6. The number of benzene rings is 2. The van der Waals surface area contributed by atoms with Gasteiger partial charge in [0.2, 0.25) is 5.91 Å². The van der Waals surface area contributed by atoms with E-state index in [0.29, 0.717) is 43.2 Å². The van der Waals surface area contributed by atoms with E-state index in [1.165, 1.54) is 22.7 Å². The lowest BCUT2D eigenvalue weighted by Gasteiger charge is -2.31. The van der Waals surface area contributed by atoms with Gasteiger partial charge in [0.25, 0.3) is 10.0 Å². The summed E-state index contributed by atoms with van der Waals surface area (Å²) in [4.78, 5) is 21.5. The molecule has 1 aliphatic heterocycles. The molecule has 6 rings (SSSR count). The number of sulfonamides is 1. The van der Waals surface area contributed by atoms with Gasteiger partial charge in [0.1, 0.15) is 5.54 Å². The third-order valence-electron chi connectivity index (χ3n) is 8.93. The van der Waals surface area contributed by atoms with Crippen LogP contribution in [0.1, 0.15) is 50.1 Å². The van der Waals surface area contributed by atoms with Crippen LogP contribution in [0, 0.1) is 17.2 Å². The summed E-state index contributed by atoms with van der Waals surface area (Å²) in [5, 5.41) is 12.9. The minimum absolute atomic E-state index is 0.123. The predicted molar refractivity (Wildman–Crippen MR) is 171 cm³/mol. The number of amides is 1. The number of sulfone groups is 1. The lowest BCUT2D eigenvalue weighted by molar-refractivity contribution is -0.127. The molecule has 10 nitrogen and oxygen atoms in total. The number of rotatable bonds is 8. The molecule has 1 aromatic heterocycles. The van der Waals surface area contributed by atoms with Crippen LogP contribution in [0.25, 0.3) is 10.4 Å². The van der Waals surface area contributed by atoms with Crippen LogP contribution in [0.15, 0.2) is 59.5 Å². The summed E-state index contributed by atoms with van der Waals surface area (Å²) >= 11 is 1.28. The first-order chi connectivity index (χ1) is 21.0. The molecule has 3 aliphatic rings. The zero-order chi connectivity index (χ0) is 31.1. The van der Waals surface area contributed by atoms with Crippen LogP contribution in [0.2, 0.25) is 0 Å². The number of hydrogen-bond acceptors (Lipinski definition) is 9. The van der Waals surface area contributed by atoms with Crippen molar-refractivity contribution in [3.05, 3.63) is 60.3 Å². The van der Waals surface area contributed by atoms with Crippen LogP contribution in [-0.4, -0.2) is 64.9 Å². The van der Waals surface area contributed by atoms with E-state index in [9.17, 15) is 26.9 Å². The first-order valence-electron chi connectivity index (χ1n) is 14.9. The van der Waals surface area contributed by atoms with Crippen molar-refractivity contribution < 1.29 is 21.6 Å².